The standard InChI is InChI=1S/C17H14ClN3O3/c18-14-8-13(9-19)6-7-15(14)24-11-16(22)21-17(23)20-10-12-4-2-1-3-5-12/h1-8H,10-11H2,(H2,20,21,22,23). The van der Waals surface area contributed by atoms with Crippen LogP contribution in [0.15, 0.2) is 48.5 Å². The van der Waals surface area contributed by atoms with Gasteiger partial charge >= 0.3 is 6.03 Å². The molecule has 0 heterocycles. The number of urea groups is 1. The Hall–Kier alpha value is -3.04. The van der Waals surface area contributed by atoms with Crippen molar-refractivity contribution in [1.82, 2.24) is 10.6 Å². The van der Waals surface area contributed by atoms with Gasteiger partial charge in [-0.25, -0.2) is 4.79 Å². The van der Waals surface area contributed by atoms with Crippen molar-refractivity contribution in [3.63, 3.8) is 0 Å². The van der Waals surface area contributed by atoms with Crippen LogP contribution in [0.1, 0.15) is 11.1 Å². The summed E-state index contributed by atoms with van der Waals surface area (Å²) in [5, 5.41) is 13.7. The molecule has 0 aliphatic rings. The van der Waals surface area contributed by atoms with E-state index in [2.05, 4.69) is 10.6 Å². The van der Waals surface area contributed by atoms with Crippen molar-refractivity contribution < 1.29 is 14.3 Å². The molecule has 0 fully saturated rings. The lowest BCUT2D eigenvalue weighted by Crippen LogP contribution is -2.41. The molecule has 0 spiro atoms. The highest BCUT2D eigenvalue weighted by atomic mass is 35.5. The normalized spacial score (nSPS) is 9.67. The van der Waals surface area contributed by atoms with Crippen LogP contribution in [0.3, 0.4) is 0 Å². The van der Waals surface area contributed by atoms with E-state index in [4.69, 9.17) is 21.6 Å². The van der Waals surface area contributed by atoms with Crippen LogP contribution < -0.4 is 15.4 Å². The van der Waals surface area contributed by atoms with Gasteiger partial charge in [0, 0.05) is 6.54 Å². The zero-order valence-corrected chi connectivity index (χ0v) is 13.3. The SMILES string of the molecule is N#Cc1ccc(OCC(=O)NC(=O)NCc2ccccc2)c(Cl)c1. The third-order valence-electron chi connectivity index (χ3n) is 2.97. The van der Waals surface area contributed by atoms with Gasteiger partial charge in [0.25, 0.3) is 5.91 Å². The van der Waals surface area contributed by atoms with E-state index in [1.54, 1.807) is 0 Å². The van der Waals surface area contributed by atoms with Gasteiger partial charge in [-0.2, -0.15) is 5.26 Å². The fraction of sp³-hybridized carbons (Fsp3) is 0.118. The average Bonchev–Trinajstić information content (AvgIpc) is 2.59. The maximum Gasteiger partial charge on any atom is 0.321 e. The number of amides is 3. The number of nitrogens with zero attached hydrogens (tertiary/aromatic N) is 1. The number of ether oxygens (including phenoxy) is 1. The van der Waals surface area contributed by atoms with E-state index >= 15 is 0 Å². The quantitative estimate of drug-likeness (QED) is 0.873. The van der Waals surface area contributed by atoms with Crippen LogP contribution in [0, 0.1) is 11.3 Å². The zero-order valence-electron chi connectivity index (χ0n) is 12.6. The van der Waals surface area contributed by atoms with Crippen LogP contribution >= 0.6 is 11.6 Å². The van der Waals surface area contributed by atoms with Crippen molar-refractivity contribution in [2.24, 2.45) is 0 Å². The largest absolute Gasteiger partial charge is 0.482 e. The van der Waals surface area contributed by atoms with E-state index in [0.29, 0.717) is 12.1 Å². The molecule has 2 rings (SSSR count). The van der Waals surface area contributed by atoms with Crippen LogP contribution in [0.5, 0.6) is 5.75 Å². The summed E-state index contributed by atoms with van der Waals surface area (Å²) < 4.78 is 5.23. The lowest BCUT2D eigenvalue weighted by atomic mass is 10.2. The number of rotatable bonds is 5. The minimum Gasteiger partial charge on any atom is -0.482 e. The van der Waals surface area contributed by atoms with Crippen molar-refractivity contribution in [2.45, 2.75) is 6.54 Å². The minimum absolute atomic E-state index is 0.218. The zero-order chi connectivity index (χ0) is 17.4. The van der Waals surface area contributed by atoms with Crippen LogP contribution in [0.2, 0.25) is 5.02 Å². The first-order chi connectivity index (χ1) is 11.6. The molecule has 0 unspecified atom stereocenters. The molecule has 0 aromatic heterocycles. The van der Waals surface area contributed by atoms with Crippen molar-refractivity contribution in [3.05, 3.63) is 64.7 Å². The van der Waals surface area contributed by atoms with Crippen LogP contribution in [-0.4, -0.2) is 18.5 Å². The van der Waals surface area contributed by atoms with Crippen molar-refractivity contribution in [1.29, 1.82) is 5.26 Å². The number of hydrogen-bond acceptors (Lipinski definition) is 4. The third kappa shape index (κ3) is 5.30. The Morgan fingerprint density at radius 1 is 1.17 bits per heavy atom. The highest BCUT2D eigenvalue weighted by Crippen LogP contribution is 2.24. The Morgan fingerprint density at radius 3 is 2.58 bits per heavy atom. The molecule has 0 bridgehead atoms. The maximum absolute atomic E-state index is 11.7. The van der Waals surface area contributed by atoms with E-state index in [1.165, 1.54) is 18.2 Å². The Balaban J connectivity index is 1.77. The average molecular weight is 344 g/mol. The van der Waals surface area contributed by atoms with Gasteiger partial charge in [0.05, 0.1) is 16.7 Å². The van der Waals surface area contributed by atoms with Gasteiger partial charge in [-0.3, -0.25) is 10.1 Å². The number of hydrogen-bond donors (Lipinski definition) is 2. The first kappa shape index (κ1) is 17.3. The number of halogens is 1. The maximum atomic E-state index is 11.7. The molecule has 7 heteroatoms. The number of carbonyl (C=O) groups is 2. The van der Waals surface area contributed by atoms with E-state index in [1.807, 2.05) is 36.4 Å². The fourth-order valence-electron chi connectivity index (χ4n) is 1.82. The topological polar surface area (TPSA) is 91.2 Å². The van der Waals surface area contributed by atoms with Gasteiger partial charge < -0.3 is 10.1 Å². The van der Waals surface area contributed by atoms with Crippen molar-refractivity contribution >= 4 is 23.5 Å². The molecular weight excluding hydrogens is 330 g/mol. The molecule has 0 aliphatic heterocycles. The van der Waals surface area contributed by atoms with Crippen molar-refractivity contribution in [2.75, 3.05) is 6.61 Å². The third-order valence-corrected chi connectivity index (χ3v) is 3.26. The highest BCUT2D eigenvalue weighted by Gasteiger charge is 2.10. The molecule has 0 saturated carbocycles. The second-order valence-electron chi connectivity index (χ2n) is 4.76. The molecule has 0 radical (unpaired) electrons. The van der Waals surface area contributed by atoms with E-state index < -0.39 is 11.9 Å². The number of nitriles is 1. The molecule has 0 aliphatic carbocycles. The smallest absolute Gasteiger partial charge is 0.321 e. The summed E-state index contributed by atoms with van der Waals surface area (Å²) in [7, 11) is 0. The molecule has 0 atom stereocenters. The van der Waals surface area contributed by atoms with E-state index in [-0.39, 0.29) is 17.4 Å². The Kier molecular flexibility index (Phi) is 6.17. The summed E-state index contributed by atoms with van der Waals surface area (Å²) in [6.45, 7) is -0.0629. The molecule has 3 amide bonds. The van der Waals surface area contributed by atoms with Gasteiger partial charge in [-0.15, -0.1) is 0 Å². The predicted octanol–water partition coefficient (Wildman–Crippen LogP) is 2.62. The second kappa shape index (κ2) is 8.56. The van der Waals surface area contributed by atoms with Crippen LogP contribution in [-0.2, 0) is 11.3 Å². The number of carbonyl (C=O) groups excluding carboxylic acids is 2. The monoisotopic (exact) mass is 343 g/mol. The Bertz CT molecular complexity index is 772. The Morgan fingerprint density at radius 2 is 1.92 bits per heavy atom. The fourth-order valence-corrected chi connectivity index (χ4v) is 2.05. The number of benzene rings is 2. The first-order valence-electron chi connectivity index (χ1n) is 7.02. The minimum atomic E-state index is -0.613. The van der Waals surface area contributed by atoms with Crippen LogP contribution in [0.25, 0.3) is 0 Å². The van der Waals surface area contributed by atoms with E-state index in [0.717, 1.165) is 5.56 Å². The summed E-state index contributed by atoms with van der Waals surface area (Å²) in [5.41, 5.74) is 1.30. The summed E-state index contributed by atoms with van der Waals surface area (Å²) in [6, 6.07) is 15.1. The molecule has 24 heavy (non-hydrogen) atoms. The van der Waals surface area contributed by atoms with Gasteiger partial charge in [0.2, 0.25) is 0 Å². The summed E-state index contributed by atoms with van der Waals surface area (Å²) in [6.07, 6.45) is 0. The first-order valence-corrected chi connectivity index (χ1v) is 7.40. The van der Waals surface area contributed by atoms with Gasteiger partial charge in [0.15, 0.2) is 6.61 Å². The molecule has 6 nitrogen and oxygen atoms in total. The summed E-state index contributed by atoms with van der Waals surface area (Å²) >= 11 is 5.93. The Labute approximate surface area is 144 Å². The van der Waals surface area contributed by atoms with Crippen molar-refractivity contribution in [3.8, 4) is 11.8 Å². The van der Waals surface area contributed by atoms with Gasteiger partial charge in [-0.05, 0) is 23.8 Å². The number of nitrogens with one attached hydrogen (secondary N) is 2. The van der Waals surface area contributed by atoms with Gasteiger partial charge in [0.1, 0.15) is 5.75 Å². The summed E-state index contributed by atoms with van der Waals surface area (Å²) in [5.74, 6) is -0.350. The van der Waals surface area contributed by atoms with Crippen LogP contribution in [0.4, 0.5) is 4.79 Å². The lowest BCUT2D eigenvalue weighted by molar-refractivity contribution is -0.122. The second-order valence-corrected chi connectivity index (χ2v) is 5.17. The van der Waals surface area contributed by atoms with Gasteiger partial charge in [-0.1, -0.05) is 41.9 Å². The van der Waals surface area contributed by atoms with E-state index in [9.17, 15) is 9.59 Å². The predicted molar refractivity (Wildman–Crippen MR) is 88.5 cm³/mol. The number of imide groups is 1. The molecule has 122 valence electrons. The molecule has 0 saturated heterocycles. The lowest BCUT2D eigenvalue weighted by Gasteiger charge is -2.09. The molecule has 2 aromatic carbocycles. The highest BCUT2D eigenvalue weighted by molar-refractivity contribution is 6.32. The molecule has 2 aromatic rings. The molecule has 2 N–H and O–H groups in total. The summed E-state index contributed by atoms with van der Waals surface area (Å²) in [4.78, 5) is 23.3. The molecular formula is C17H14ClN3O3.